The first-order valence-corrected chi connectivity index (χ1v) is 5.94. The summed E-state index contributed by atoms with van der Waals surface area (Å²) in [6, 6.07) is -0.0634. The molecule has 1 fully saturated rings. The van der Waals surface area contributed by atoms with Gasteiger partial charge >= 0.3 is 0 Å². The lowest BCUT2D eigenvalue weighted by Crippen LogP contribution is -2.43. The average Bonchev–Trinajstić information content (AvgIpc) is 2.73. The fourth-order valence-electron chi connectivity index (χ4n) is 1.97. The van der Waals surface area contributed by atoms with Gasteiger partial charge in [0.05, 0.1) is 19.1 Å². The predicted octanol–water partition coefficient (Wildman–Crippen LogP) is -1.01. The summed E-state index contributed by atoms with van der Waals surface area (Å²) in [4.78, 5) is 23.0. The molecule has 4 N–H and O–H groups in total. The molecule has 1 rings (SSSR count). The first kappa shape index (κ1) is 13.9. The number of hydrogen-bond donors (Lipinski definition) is 3. The Balaban J connectivity index is 2.16. The topological polar surface area (TPSA) is 93.5 Å². The second kappa shape index (κ2) is 7.24. The zero-order valence-corrected chi connectivity index (χ0v) is 10.2. The fourth-order valence-corrected chi connectivity index (χ4v) is 1.97. The van der Waals surface area contributed by atoms with Gasteiger partial charge in [-0.2, -0.15) is 0 Å². The molecule has 2 atom stereocenters. The third kappa shape index (κ3) is 4.70. The summed E-state index contributed by atoms with van der Waals surface area (Å²) < 4.78 is 4.79. The van der Waals surface area contributed by atoms with Crippen molar-refractivity contribution in [2.45, 2.75) is 25.3 Å². The third-order valence-corrected chi connectivity index (χ3v) is 2.96. The molecule has 1 aliphatic rings. The van der Waals surface area contributed by atoms with Crippen LogP contribution < -0.4 is 16.4 Å². The molecule has 0 saturated heterocycles. The highest BCUT2D eigenvalue weighted by atomic mass is 16.5. The van der Waals surface area contributed by atoms with Gasteiger partial charge in [-0.25, -0.2) is 0 Å². The predicted molar refractivity (Wildman–Crippen MR) is 63.2 cm³/mol. The Kier molecular flexibility index (Phi) is 5.93. The molecule has 17 heavy (non-hydrogen) atoms. The highest BCUT2D eigenvalue weighted by Gasteiger charge is 2.30. The van der Waals surface area contributed by atoms with Crippen LogP contribution in [0.15, 0.2) is 0 Å². The maximum Gasteiger partial charge on any atom is 0.239 e. The number of carbonyl (C=O) groups excluding carboxylic acids is 2. The molecule has 2 amide bonds. The number of methoxy groups -OCH3 is 1. The highest BCUT2D eigenvalue weighted by Crippen LogP contribution is 2.23. The number of nitrogens with two attached hydrogens (primary N) is 1. The van der Waals surface area contributed by atoms with Gasteiger partial charge in [0.1, 0.15) is 0 Å². The van der Waals surface area contributed by atoms with Crippen molar-refractivity contribution in [1.82, 2.24) is 10.6 Å². The SMILES string of the molecule is COCCNC(=O)CNC(=O)C1CCCC1N. The van der Waals surface area contributed by atoms with Crippen LogP contribution in [0.4, 0.5) is 0 Å². The quantitative estimate of drug-likeness (QED) is 0.521. The van der Waals surface area contributed by atoms with E-state index in [4.69, 9.17) is 10.5 Å². The summed E-state index contributed by atoms with van der Waals surface area (Å²) >= 11 is 0. The molecule has 98 valence electrons. The second-order valence-corrected chi connectivity index (χ2v) is 4.26. The van der Waals surface area contributed by atoms with Crippen LogP contribution in [0.1, 0.15) is 19.3 Å². The van der Waals surface area contributed by atoms with E-state index >= 15 is 0 Å². The van der Waals surface area contributed by atoms with Gasteiger partial charge in [-0.3, -0.25) is 9.59 Å². The molecule has 2 unspecified atom stereocenters. The Hall–Kier alpha value is -1.14. The Morgan fingerprint density at radius 2 is 2.12 bits per heavy atom. The fraction of sp³-hybridized carbons (Fsp3) is 0.818. The van der Waals surface area contributed by atoms with Crippen LogP contribution in [0, 0.1) is 5.92 Å². The van der Waals surface area contributed by atoms with Crippen molar-refractivity contribution in [3.63, 3.8) is 0 Å². The zero-order chi connectivity index (χ0) is 12.7. The van der Waals surface area contributed by atoms with Crippen molar-refractivity contribution in [3.05, 3.63) is 0 Å². The Morgan fingerprint density at radius 1 is 1.35 bits per heavy atom. The monoisotopic (exact) mass is 243 g/mol. The van der Waals surface area contributed by atoms with Crippen molar-refractivity contribution in [1.29, 1.82) is 0 Å². The number of carbonyl (C=O) groups is 2. The molecule has 0 radical (unpaired) electrons. The van der Waals surface area contributed by atoms with E-state index < -0.39 is 0 Å². The van der Waals surface area contributed by atoms with Gasteiger partial charge in [0.15, 0.2) is 0 Å². The van der Waals surface area contributed by atoms with Gasteiger partial charge in [0, 0.05) is 19.7 Å². The smallest absolute Gasteiger partial charge is 0.239 e. The summed E-state index contributed by atoms with van der Waals surface area (Å²) in [6.45, 7) is 0.924. The molecular weight excluding hydrogens is 222 g/mol. The lowest BCUT2D eigenvalue weighted by Gasteiger charge is -2.14. The Bertz CT molecular complexity index is 271. The first-order chi connectivity index (χ1) is 8.15. The normalized spacial score (nSPS) is 23.4. The zero-order valence-electron chi connectivity index (χ0n) is 10.2. The van der Waals surface area contributed by atoms with Gasteiger partial charge < -0.3 is 21.1 Å². The van der Waals surface area contributed by atoms with Crippen molar-refractivity contribution in [3.8, 4) is 0 Å². The van der Waals surface area contributed by atoms with Crippen molar-refractivity contribution < 1.29 is 14.3 Å². The first-order valence-electron chi connectivity index (χ1n) is 5.94. The third-order valence-electron chi connectivity index (χ3n) is 2.96. The van der Waals surface area contributed by atoms with Crippen LogP contribution in [-0.4, -0.2) is 44.7 Å². The summed E-state index contributed by atoms with van der Waals surface area (Å²) in [5.41, 5.74) is 5.81. The van der Waals surface area contributed by atoms with E-state index in [0.717, 1.165) is 19.3 Å². The highest BCUT2D eigenvalue weighted by molar-refractivity contribution is 5.86. The van der Waals surface area contributed by atoms with Crippen LogP contribution in [-0.2, 0) is 14.3 Å². The van der Waals surface area contributed by atoms with Crippen LogP contribution >= 0.6 is 0 Å². The molecule has 0 aromatic heterocycles. The minimum absolute atomic E-state index is 0.00572. The van der Waals surface area contributed by atoms with Crippen LogP contribution in [0.5, 0.6) is 0 Å². The summed E-state index contributed by atoms with van der Waals surface area (Å²) in [5, 5.41) is 5.24. The van der Waals surface area contributed by atoms with Crippen LogP contribution in [0.3, 0.4) is 0 Å². The molecule has 0 heterocycles. The number of hydrogen-bond acceptors (Lipinski definition) is 4. The van der Waals surface area contributed by atoms with Crippen LogP contribution in [0.25, 0.3) is 0 Å². The molecule has 1 saturated carbocycles. The Morgan fingerprint density at radius 3 is 2.71 bits per heavy atom. The maximum absolute atomic E-state index is 11.7. The van der Waals surface area contributed by atoms with E-state index in [0.29, 0.717) is 13.2 Å². The minimum atomic E-state index is -0.207. The second-order valence-electron chi connectivity index (χ2n) is 4.26. The number of nitrogens with one attached hydrogen (secondary N) is 2. The molecular formula is C11H21N3O3. The number of rotatable bonds is 6. The van der Waals surface area contributed by atoms with Crippen molar-refractivity contribution in [2.75, 3.05) is 26.8 Å². The average molecular weight is 243 g/mol. The van der Waals surface area contributed by atoms with Crippen LogP contribution in [0.2, 0.25) is 0 Å². The summed E-state index contributed by atoms with van der Waals surface area (Å²) in [6.07, 6.45) is 2.69. The van der Waals surface area contributed by atoms with E-state index in [1.54, 1.807) is 7.11 Å². The van der Waals surface area contributed by atoms with E-state index in [1.807, 2.05) is 0 Å². The largest absolute Gasteiger partial charge is 0.383 e. The molecule has 0 bridgehead atoms. The van der Waals surface area contributed by atoms with E-state index in [1.165, 1.54) is 0 Å². The number of ether oxygens (including phenoxy) is 1. The van der Waals surface area contributed by atoms with Gasteiger partial charge in [-0.1, -0.05) is 6.42 Å². The molecule has 1 aliphatic carbocycles. The molecule has 6 heteroatoms. The number of amides is 2. The van der Waals surface area contributed by atoms with E-state index in [2.05, 4.69) is 10.6 Å². The maximum atomic E-state index is 11.7. The molecule has 6 nitrogen and oxygen atoms in total. The van der Waals surface area contributed by atoms with Crippen molar-refractivity contribution in [2.24, 2.45) is 11.7 Å². The van der Waals surface area contributed by atoms with E-state index in [9.17, 15) is 9.59 Å². The minimum Gasteiger partial charge on any atom is -0.383 e. The molecule has 0 aromatic carbocycles. The summed E-state index contributed by atoms with van der Waals surface area (Å²) in [7, 11) is 1.56. The lowest BCUT2D eigenvalue weighted by molar-refractivity contribution is -0.128. The summed E-state index contributed by atoms with van der Waals surface area (Å²) in [5.74, 6) is -0.458. The van der Waals surface area contributed by atoms with Gasteiger partial charge in [0.25, 0.3) is 0 Å². The van der Waals surface area contributed by atoms with E-state index in [-0.39, 0.29) is 30.3 Å². The molecule has 0 spiro atoms. The van der Waals surface area contributed by atoms with Gasteiger partial charge in [-0.15, -0.1) is 0 Å². The van der Waals surface area contributed by atoms with Gasteiger partial charge in [0.2, 0.25) is 11.8 Å². The lowest BCUT2D eigenvalue weighted by atomic mass is 10.0. The van der Waals surface area contributed by atoms with Crippen molar-refractivity contribution >= 4 is 11.8 Å². The Labute approximate surface area is 101 Å². The molecule has 0 aliphatic heterocycles. The molecule has 0 aromatic rings. The standard InChI is InChI=1S/C11H21N3O3/c1-17-6-5-13-10(15)7-14-11(16)8-3-2-4-9(8)12/h8-9H,2-7,12H2,1H3,(H,13,15)(H,14,16). The van der Waals surface area contributed by atoms with Gasteiger partial charge in [-0.05, 0) is 12.8 Å².